The van der Waals surface area contributed by atoms with Gasteiger partial charge in [-0.05, 0) is 58.2 Å². The summed E-state index contributed by atoms with van der Waals surface area (Å²) in [6.45, 7) is 1.40. The first-order chi connectivity index (χ1) is 9.16. The SMILES string of the molecule is Oc1ccc(CNCCc2ccccc2F)cc1Br. The van der Waals surface area contributed by atoms with E-state index in [4.69, 9.17) is 0 Å². The fraction of sp³-hybridized carbons (Fsp3) is 0.200. The van der Waals surface area contributed by atoms with E-state index < -0.39 is 0 Å². The average Bonchev–Trinajstić information content (AvgIpc) is 2.40. The van der Waals surface area contributed by atoms with Crippen molar-refractivity contribution in [3.63, 3.8) is 0 Å². The van der Waals surface area contributed by atoms with Crippen molar-refractivity contribution in [2.45, 2.75) is 13.0 Å². The first-order valence-electron chi connectivity index (χ1n) is 6.08. The van der Waals surface area contributed by atoms with Gasteiger partial charge in [-0.3, -0.25) is 0 Å². The standard InChI is InChI=1S/C15H15BrFNO/c16-13-9-11(5-6-15(13)19)10-18-8-7-12-3-1-2-4-14(12)17/h1-6,9,18-19H,7-8,10H2. The number of phenols is 1. The van der Waals surface area contributed by atoms with E-state index in [1.54, 1.807) is 18.2 Å². The summed E-state index contributed by atoms with van der Waals surface area (Å²) in [6.07, 6.45) is 0.659. The van der Waals surface area contributed by atoms with Gasteiger partial charge in [0.25, 0.3) is 0 Å². The first kappa shape index (κ1) is 14.0. The quantitative estimate of drug-likeness (QED) is 0.823. The van der Waals surface area contributed by atoms with Crippen LogP contribution < -0.4 is 5.32 Å². The number of nitrogens with one attached hydrogen (secondary N) is 1. The first-order valence-corrected chi connectivity index (χ1v) is 6.87. The van der Waals surface area contributed by atoms with Gasteiger partial charge in [-0.25, -0.2) is 4.39 Å². The predicted molar refractivity (Wildman–Crippen MR) is 77.6 cm³/mol. The highest BCUT2D eigenvalue weighted by atomic mass is 79.9. The largest absolute Gasteiger partial charge is 0.507 e. The maximum Gasteiger partial charge on any atom is 0.129 e. The van der Waals surface area contributed by atoms with Crippen molar-refractivity contribution in [1.82, 2.24) is 5.32 Å². The van der Waals surface area contributed by atoms with Gasteiger partial charge >= 0.3 is 0 Å². The van der Waals surface area contributed by atoms with Gasteiger partial charge in [0.05, 0.1) is 4.47 Å². The molecular formula is C15H15BrFNO. The molecule has 0 aliphatic heterocycles. The summed E-state index contributed by atoms with van der Waals surface area (Å²) in [4.78, 5) is 0. The molecule has 0 atom stereocenters. The van der Waals surface area contributed by atoms with Crippen LogP contribution in [0.2, 0.25) is 0 Å². The predicted octanol–water partition coefficient (Wildman–Crippen LogP) is 3.63. The van der Waals surface area contributed by atoms with Crippen molar-refractivity contribution in [3.05, 3.63) is 63.9 Å². The highest BCUT2D eigenvalue weighted by molar-refractivity contribution is 9.10. The second-order valence-corrected chi connectivity index (χ2v) is 5.16. The van der Waals surface area contributed by atoms with Crippen LogP contribution in [0.1, 0.15) is 11.1 Å². The summed E-state index contributed by atoms with van der Waals surface area (Å²) in [7, 11) is 0. The summed E-state index contributed by atoms with van der Waals surface area (Å²) in [6, 6.07) is 12.2. The van der Waals surface area contributed by atoms with Gasteiger partial charge in [-0.2, -0.15) is 0 Å². The molecule has 0 saturated carbocycles. The van der Waals surface area contributed by atoms with Gasteiger partial charge in [0.2, 0.25) is 0 Å². The lowest BCUT2D eigenvalue weighted by Gasteiger charge is -2.07. The van der Waals surface area contributed by atoms with Crippen molar-refractivity contribution in [3.8, 4) is 5.75 Å². The number of aromatic hydroxyl groups is 1. The highest BCUT2D eigenvalue weighted by Crippen LogP contribution is 2.24. The van der Waals surface area contributed by atoms with Crippen LogP contribution in [0.3, 0.4) is 0 Å². The third-order valence-electron chi connectivity index (χ3n) is 2.87. The molecule has 0 fully saturated rings. The Kier molecular flexibility index (Phi) is 4.93. The van der Waals surface area contributed by atoms with Crippen molar-refractivity contribution in [1.29, 1.82) is 0 Å². The third kappa shape index (κ3) is 4.04. The lowest BCUT2D eigenvalue weighted by Crippen LogP contribution is -2.17. The summed E-state index contributed by atoms with van der Waals surface area (Å²) >= 11 is 3.27. The van der Waals surface area contributed by atoms with Crippen LogP contribution in [-0.2, 0) is 13.0 Å². The zero-order chi connectivity index (χ0) is 13.7. The molecule has 2 N–H and O–H groups in total. The van der Waals surface area contributed by atoms with E-state index in [0.717, 1.165) is 11.1 Å². The number of halogens is 2. The van der Waals surface area contributed by atoms with E-state index in [9.17, 15) is 9.50 Å². The summed E-state index contributed by atoms with van der Waals surface area (Å²) in [5, 5.41) is 12.6. The van der Waals surface area contributed by atoms with Crippen molar-refractivity contribution in [2.75, 3.05) is 6.54 Å². The van der Waals surface area contributed by atoms with Gasteiger partial charge < -0.3 is 10.4 Å². The lowest BCUT2D eigenvalue weighted by molar-refractivity contribution is 0.471. The molecule has 4 heteroatoms. The molecule has 2 rings (SSSR count). The van der Waals surface area contributed by atoms with E-state index in [-0.39, 0.29) is 11.6 Å². The molecule has 0 unspecified atom stereocenters. The molecule has 2 nitrogen and oxygen atoms in total. The van der Waals surface area contributed by atoms with E-state index in [1.807, 2.05) is 18.2 Å². The Bertz CT molecular complexity index is 560. The number of benzene rings is 2. The maximum absolute atomic E-state index is 13.4. The Morgan fingerprint density at radius 3 is 2.68 bits per heavy atom. The molecule has 0 aromatic heterocycles. The van der Waals surface area contributed by atoms with Crippen molar-refractivity contribution < 1.29 is 9.50 Å². The van der Waals surface area contributed by atoms with Crippen LogP contribution >= 0.6 is 15.9 Å². The van der Waals surface area contributed by atoms with Gasteiger partial charge in [0.15, 0.2) is 0 Å². The van der Waals surface area contributed by atoms with Gasteiger partial charge in [0, 0.05) is 6.54 Å². The molecule has 0 radical (unpaired) electrons. The van der Waals surface area contributed by atoms with Crippen LogP contribution in [-0.4, -0.2) is 11.7 Å². The second kappa shape index (κ2) is 6.68. The molecule has 2 aromatic rings. The minimum atomic E-state index is -0.156. The number of rotatable bonds is 5. The second-order valence-electron chi connectivity index (χ2n) is 4.30. The van der Waals surface area contributed by atoms with E-state index in [2.05, 4.69) is 21.2 Å². The maximum atomic E-state index is 13.4. The lowest BCUT2D eigenvalue weighted by atomic mass is 10.1. The molecule has 100 valence electrons. The number of phenolic OH excluding ortho intramolecular Hbond substituents is 1. The van der Waals surface area contributed by atoms with Crippen molar-refractivity contribution >= 4 is 15.9 Å². The smallest absolute Gasteiger partial charge is 0.129 e. The zero-order valence-corrected chi connectivity index (χ0v) is 12.0. The Morgan fingerprint density at radius 1 is 1.16 bits per heavy atom. The molecule has 0 spiro atoms. The fourth-order valence-electron chi connectivity index (χ4n) is 1.82. The molecule has 0 amide bonds. The zero-order valence-electron chi connectivity index (χ0n) is 10.4. The van der Waals surface area contributed by atoms with Gasteiger partial charge in [0.1, 0.15) is 11.6 Å². The molecule has 0 heterocycles. The molecule has 0 bridgehead atoms. The highest BCUT2D eigenvalue weighted by Gasteiger charge is 2.01. The minimum Gasteiger partial charge on any atom is -0.507 e. The van der Waals surface area contributed by atoms with Crippen LogP contribution in [0.5, 0.6) is 5.75 Å². The Labute approximate surface area is 120 Å². The van der Waals surface area contributed by atoms with Crippen LogP contribution in [0.25, 0.3) is 0 Å². The van der Waals surface area contributed by atoms with E-state index in [1.165, 1.54) is 6.07 Å². The molecule has 0 aliphatic carbocycles. The Balaban J connectivity index is 1.81. The normalized spacial score (nSPS) is 10.6. The average molecular weight is 324 g/mol. The monoisotopic (exact) mass is 323 g/mol. The molecule has 19 heavy (non-hydrogen) atoms. The fourth-order valence-corrected chi connectivity index (χ4v) is 2.24. The van der Waals surface area contributed by atoms with Gasteiger partial charge in [-0.1, -0.05) is 24.3 Å². The summed E-state index contributed by atoms with van der Waals surface area (Å²) in [5.41, 5.74) is 1.79. The van der Waals surface area contributed by atoms with E-state index in [0.29, 0.717) is 24.0 Å². The molecular weight excluding hydrogens is 309 g/mol. The minimum absolute atomic E-state index is 0.156. The Hall–Kier alpha value is -1.39. The van der Waals surface area contributed by atoms with Crippen LogP contribution in [0, 0.1) is 5.82 Å². The van der Waals surface area contributed by atoms with Crippen LogP contribution in [0.4, 0.5) is 4.39 Å². The topological polar surface area (TPSA) is 32.3 Å². The third-order valence-corrected chi connectivity index (χ3v) is 3.51. The molecule has 0 saturated heterocycles. The van der Waals surface area contributed by atoms with E-state index >= 15 is 0 Å². The molecule has 0 aliphatic rings. The summed E-state index contributed by atoms with van der Waals surface area (Å²) < 4.78 is 14.1. The Morgan fingerprint density at radius 2 is 1.95 bits per heavy atom. The molecule has 2 aromatic carbocycles. The van der Waals surface area contributed by atoms with Crippen LogP contribution in [0.15, 0.2) is 46.9 Å². The number of hydrogen-bond acceptors (Lipinski definition) is 2. The summed E-state index contributed by atoms with van der Waals surface area (Å²) in [5.74, 6) is 0.0757. The number of hydrogen-bond donors (Lipinski definition) is 2. The van der Waals surface area contributed by atoms with Gasteiger partial charge in [-0.15, -0.1) is 0 Å². The van der Waals surface area contributed by atoms with Crippen molar-refractivity contribution in [2.24, 2.45) is 0 Å².